The van der Waals surface area contributed by atoms with Crippen molar-refractivity contribution in [2.45, 2.75) is 19.8 Å². The van der Waals surface area contributed by atoms with Crippen LogP contribution in [0.5, 0.6) is 11.5 Å². The number of ether oxygens (including phenoxy) is 1. The quantitative estimate of drug-likeness (QED) is 0.759. The van der Waals surface area contributed by atoms with E-state index >= 15 is 0 Å². The molecule has 0 bridgehead atoms. The molecule has 1 fully saturated rings. The highest BCUT2D eigenvalue weighted by molar-refractivity contribution is 7.89. The van der Waals surface area contributed by atoms with Crippen LogP contribution in [0.2, 0.25) is 5.02 Å². The fourth-order valence-corrected chi connectivity index (χ4v) is 4.39. The van der Waals surface area contributed by atoms with Crippen molar-refractivity contribution >= 4 is 33.2 Å². The number of hydrogen-bond acceptors (Lipinski definition) is 4. The summed E-state index contributed by atoms with van der Waals surface area (Å²) in [7, 11) is -3.18. The van der Waals surface area contributed by atoms with Gasteiger partial charge < -0.3 is 10.1 Å². The molecule has 8 heteroatoms. The van der Waals surface area contributed by atoms with Gasteiger partial charge in [-0.05, 0) is 56.2 Å². The molecule has 2 aromatic rings. The van der Waals surface area contributed by atoms with Gasteiger partial charge in [-0.3, -0.25) is 4.79 Å². The van der Waals surface area contributed by atoms with Crippen molar-refractivity contribution in [1.29, 1.82) is 0 Å². The lowest BCUT2D eigenvalue weighted by atomic mass is 9.97. The second-order valence-electron chi connectivity index (χ2n) is 6.62. The first-order valence-corrected chi connectivity index (χ1v) is 11.2. The van der Waals surface area contributed by atoms with Gasteiger partial charge in [0, 0.05) is 24.7 Å². The molecule has 1 amide bonds. The first-order chi connectivity index (χ1) is 13.4. The Morgan fingerprint density at radius 2 is 1.79 bits per heavy atom. The topological polar surface area (TPSA) is 75.7 Å². The zero-order valence-electron chi connectivity index (χ0n) is 15.6. The van der Waals surface area contributed by atoms with E-state index in [1.165, 1.54) is 4.31 Å². The summed E-state index contributed by atoms with van der Waals surface area (Å²) in [5.41, 5.74) is 0.667. The molecular weight excluding hydrogens is 400 g/mol. The second kappa shape index (κ2) is 8.94. The van der Waals surface area contributed by atoms with Gasteiger partial charge >= 0.3 is 0 Å². The van der Waals surface area contributed by atoms with E-state index in [-0.39, 0.29) is 17.6 Å². The molecule has 0 spiro atoms. The molecule has 1 aliphatic rings. The zero-order chi connectivity index (χ0) is 20.1. The van der Waals surface area contributed by atoms with E-state index in [1.54, 1.807) is 43.3 Å². The second-order valence-corrected chi connectivity index (χ2v) is 9.28. The molecule has 28 heavy (non-hydrogen) atoms. The summed E-state index contributed by atoms with van der Waals surface area (Å²) in [4.78, 5) is 12.5. The van der Waals surface area contributed by atoms with E-state index in [4.69, 9.17) is 16.3 Å². The molecule has 1 N–H and O–H groups in total. The number of halogens is 1. The SMILES string of the molecule is CCS(=O)(=O)N1CCC(C(=O)Nc2ccc(Oc3ccccc3Cl)cc2)CC1. The Morgan fingerprint density at radius 1 is 1.14 bits per heavy atom. The van der Waals surface area contributed by atoms with Crippen molar-refractivity contribution in [3.05, 3.63) is 53.6 Å². The molecule has 0 saturated carbocycles. The van der Waals surface area contributed by atoms with Crippen LogP contribution in [0.1, 0.15) is 19.8 Å². The minimum absolute atomic E-state index is 0.0895. The number of nitrogens with one attached hydrogen (secondary N) is 1. The van der Waals surface area contributed by atoms with Crippen LogP contribution in [-0.2, 0) is 14.8 Å². The summed E-state index contributed by atoms with van der Waals surface area (Å²) in [5.74, 6) is 0.988. The number of benzene rings is 2. The maximum atomic E-state index is 12.5. The van der Waals surface area contributed by atoms with Gasteiger partial charge in [-0.15, -0.1) is 0 Å². The number of carbonyl (C=O) groups is 1. The van der Waals surface area contributed by atoms with Gasteiger partial charge in [0.2, 0.25) is 15.9 Å². The predicted molar refractivity (Wildman–Crippen MR) is 110 cm³/mol. The van der Waals surface area contributed by atoms with Gasteiger partial charge in [-0.1, -0.05) is 23.7 Å². The van der Waals surface area contributed by atoms with Crippen molar-refractivity contribution in [1.82, 2.24) is 4.31 Å². The highest BCUT2D eigenvalue weighted by atomic mass is 35.5. The van der Waals surface area contributed by atoms with E-state index < -0.39 is 10.0 Å². The molecule has 0 aromatic heterocycles. The minimum Gasteiger partial charge on any atom is -0.456 e. The lowest BCUT2D eigenvalue weighted by Gasteiger charge is -2.30. The van der Waals surface area contributed by atoms with Crippen LogP contribution < -0.4 is 10.1 Å². The third kappa shape index (κ3) is 5.04. The molecular formula is C20H23ClN2O4S. The van der Waals surface area contributed by atoms with E-state index in [9.17, 15) is 13.2 Å². The molecule has 0 unspecified atom stereocenters. The summed E-state index contributed by atoms with van der Waals surface area (Å²) in [6.07, 6.45) is 1.05. The number of sulfonamides is 1. The van der Waals surface area contributed by atoms with Crippen molar-refractivity contribution in [2.24, 2.45) is 5.92 Å². The summed E-state index contributed by atoms with van der Waals surface area (Å²) in [5, 5.41) is 3.42. The van der Waals surface area contributed by atoms with Gasteiger partial charge in [0.1, 0.15) is 11.5 Å². The molecule has 150 valence electrons. The van der Waals surface area contributed by atoms with Crippen molar-refractivity contribution in [2.75, 3.05) is 24.2 Å². The third-order valence-corrected chi connectivity index (χ3v) is 6.96. The van der Waals surface area contributed by atoms with Crippen LogP contribution in [0.3, 0.4) is 0 Å². The van der Waals surface area contributed by atoms with Gasteiger partial charge in [0.15, 0.2) is 0 Å². The number of amides is 1. The molecule has 0 aliphatic carbocycles. The molecule has 3 rings (SSSR count). The Kier molecular flexibility index (Phi) is 6.59. The van der Waals surface area contributed by atoms with Crippen molar-refractivity contribution < 1.29 is 17.9 Å². The van der Waals surface area contributed by atoms with E-state index in [1.807, 2.05) is 12.1 Å². The fraction of sp³-hybridized carbons (Fsp3) is 0.350. The smallest absolute Gasteiger partial charge is 0.227 e. The highest BCUT2D eigenvalue weighted by Gasteiger charge is 2.30. The van der Waals surface area contributed by atoms with Crippen LogP contribution >= 0.6 is 11.6 Å². The number of nitrogens with zero attached hydrogens (tertiary/aromatic N) is 1. The highest BCUT2D eigenvalue weighted by Crippen LogP contribution is 2.29. The molecule has 1 saturated heterocycles. The van der Waals surface area contributed by atoms with E-state index in [0.29, 0.717) is 48.1 Å². The number of piperidine rings is 1. The average molecular weight is 423 g/mol. The number of hydrogen-bond donors (Lipinski definition) is 1. The van der Waals surface area contributed by atoms with Gasteiger partial charge in [-0.2, -0.15) is 0 Å². The first-order valence-electron chi connectivity index (χ1n) is 9.20. The molecule has 0 atom stereocenters. The zero-order valence-corrected chi connectivity index (χ0v) is 17.2. The molecule has 1 aliphatic heterocycles. The predicted octanol–water partition coefficient (Wildman–Crippen LogP) is 4.13. The van der Waals surface area contributed by atoms with Crippen LogP contribution in [0.25, 0.3) is 0 Å². The van der Waals surface area contributed by atoms with Gasteiger partial charge in [0.25, 0.3) is 0 Å². The Hall–Kier alpha value is -2.09. The Labute approximate surface area is 170 Å². The lowest BCUT2D eigenvalue weighted by molar-refractivity contribution is -0.120. The van der Waals surface area contributed by atoms with Crippen LogP contribution in [-0.4, -0.2) is 37.5 Å². The van der Waals surface area contributed by atoms with Crippen molar-refractivity contribution in [3.8, 4) is 11.5 Å². The third-order valence-electron chi connectivity index (χ3n) is 4.77. The maximum absolute atomic E-state index is 12.5. The van der Waals surface area contributed by atoms with Gasteiger partial charge in [0.05, 0.1) is 10.8 Å². The first kappa shape index (κ1) is 20.6. The summed E-state index contributed by atoms with van der Waals surface area (Å²) < 4.78 is 31.0. The Morgan fingerprint density at radius 3 is 2.39 bits per heavy atom. The molecule has 2 aromatic carbocycles. The van der Waals surface area contributed by atoms with Crippen LogP contribution in [0.4, 0.5) is 5.69 Å². The maximum Gasteiger partial charge on any atom is 0.227 e. The van der Waals surface area contributed by atoms with Gasteiger partial charge in [-0.25, -0.2) is 12.7 Å². The Balaban J connectivity index is 1.54. The number of para-hydroxylation sites is 1. The molecule has 1 heterocycles. The van der Waals surface area contributed by atoms with Crippen LogP contribution in [0, 0.1) is 5.92 Å². The minimum atomic E-state index is -3.18. The lowest BCUT2D eigenvalue weighted by Crippen LogP contribution is -2.42. The fourth-order valence-electron chi connectivity index (χ4n) is 3.08. The standard InChI is InChI=1S/C20H23ClN2O4S/c1-2-28(25,26)23-13-11-15(12-14-23)20(24)22-16-7-9-17(10-8-16)27-19-6-4-3-5-18(19)21/h3-10,15H,2,11-14H2,1H3,(H,22,24). The van der Waals surface area contributed by atoms with Crippen molar-refractivity contribution in [3.63, 3.8) is 0 Å². The Bertz CT molecular complexity index is 923. The average Bonchev–Trinajstić information content (AvgIpc) is 2.71. The number of carbonyl (C=O) groups excluding carboxylic acids is 1. The summed E-state index contributed by atoms with van der Waals surface area (Å²) >= 11 is 6.08. The largest absolute Gasteiger partial charge is 0.456 e. The normalized spacial score (nSPS) is 15.9. The summed E-state index contributed by atoms with van der Waals surface area (Å²) in [6.45, 7) is 2.41. The van der Waals surface area contributed by atoms with Crippen LogP contribution in [0.15, 0.2) is 48.5 Å². The summed E-state index contributed by atoms with van der Waals surface area (Å²) in [6, 6.07) is 14.3. The van der Waals surface area contributed by atoms with E-state index in [2.05, 4.69) is 5.32 Å². The molecule has 0 radical (unpaired) electrons. The molecule has 6 nitrogen and oxygen atoms in total. The van der Waals surface area contributed by atoms with E-state index in [0.717, 1.165) is 0 Å². The number of rotatable bonds is 6. The monoisotopic (exact) mass is 422 g/mol. The number of anilines is 1.